The van der Waals surface area contributed by atoms with Crippen LogP contribution < -0.4 is 5.73 Å². The standard InChI is InChI=1S/C9H13ClN2S.ClH/c10-9-7(2-4-13-9)5-12-3-1-8(11)6-12;/h2,4,8H,1,3,5-6,11H2;1H/t8-;/m1./s1. The van der Waals surface area contributed by atoms with E-state index in [4.69, 9.17) is 17.3 Å². The third kappa shape index (κ3) is 2.84. The normalized spacial score (nSPS) is 22.3. The van der Waals surface area contributed by atoms with Crippen LogP contribution in [0.2, 0.25) is 4.34 Å². The van der Waals surface area contributed by atoms with E-state index in [1.54, 1.807) is 11.3 Å². The molecule has 0 bridgehead atoms. The van der Waals surface area contributed by atoms with Crippen molar-refractivity contribution in [1.29, 1.82) is 0 Å². The summed E-state index contributed by atoms with van der Waals surface area (Å²) in [6, 6.07) is 2.45. The summed E-state index contributed by atoms with van der Waals surface area (Å²) in [6.45, 7) is 3.07. The molecule has 0 saturated carbocycles. The molecule has 2 heterocycles. The van der Waals surface area contributed by atoms with Gasteiger partial charge >= 0.3 is 0 Å². The molecule has 5 heteroatoms. The maximum absolute atomic E-state index is 6.02. The van der Waals surface area contributed by atoms with E-state index in [0.717, 1.165) is 30.4 Å². The molecular formula is C9H14Cl2N2S. The molecule has 1 aromatic rings. The average Bonchev–Trinajstić information content (AvgIpc) is 2.64. The fraction of sp³-hybridized carbons (Fsp3) is 0.556. The number of hydrogen-bond acceptors (Lipinski definition) is 3. The summed E-state index contributed by atoms with van der Waals surface area (Å²) < 4.78 is 0.917. The van der Waals surface area contributed by atoms with Gasteiger partial charge in [0.15, 0.2) is 0 Å². The molecule has 0 aliphatic carbocycles. The summed E-state index contributed by atoms with van der Waals surface area (Å²) in [6.07, 6.45) is 1.11. The Morgan fingerprint density at radius 1 is 1.64 bits per heavy atom. The second-order valence-corrected chi connectivity index (χ2v) is 5.02. The Balaban J connectivity index is 0.000000980. The van der Waals surface area contributed by atoms with Crippen molar-refractivity contribution in [1.82, 2.24) is 4.90 Å². The first-order valence-corrected chi connectivity index (χ1v) is 5.71. The maximum Gasteiger partial charge on any atom is 0.0973 e. The Labute approximate surface area is 99.4 Å². The highest BCUT2D eigenvalue weighted by Gasteiger charge is 2.19. The van der Waals surface area contributed by atoms with Gasteiger partial charge in [0.25, 0.3) is 0 Å². The number of rotatable bonds is 2. The third-order valence-corrected chi connectivity index (χ3v) is 3.65. The van der Waals surface area contributed by atoms with Crippen molar-refractivity contribution in [3.63, 3.8) is 0 Å². The third-order valence-electron chi connectivity index (χ3n) is 2.40. The van der Waals surface area contributed by atoms with Crippen molar-refractivity contribution in [3.05, 3.63) is 21.3 Å². The molecule has 1 aliphatic heterocycles. The van der Waals surface area contributed by atoms with Gasteiger partial charge in [-0.05, 0) is 23.4 Å². The van der Waals surface area contributed by atoms with Gasteiger partial charge in [-0.1, -0.05) is 11.6 Å². The highest BCUT2D eigenvalue weighted by molar-refractivity contribution is 7.14. The van der Waals surface area contributed by atoms with Crippen LogP contribution in [-0.4, -0.2) is 24.0 Å². The minimum Gasteiger partial charge on any atom is -0.326 e. The van der Waals surface area contributed by atoms with Gasteiger partial charge in [-0.3, -0.25) is 4.90 Å². The van der Waals surface area contributed by atoms with Crippen LogP contribution in [0.3, 0.4) is 0 Å². The Kier molecular flexibility index (Phi) is 4.67. The SMILES string of the molecule is Cl.N[C@@H]1CCN(Cc2ccsc2Cl)C1. The van der Waals surface area contributed by atoms with E-state index in [0.29, 0.717) is 6.04 Å². The molecule has 1 atom stereocenters. The van der Waals surface area contributed by atoms with Crippen molar-refractivity contribution in [2.75, 3.05) is 13.1 Å². The minimum absolute atomic E-state index is 0. The van der Waals surface area contributed by atoms with Crippen molar-refractivity contribution in [3.8, 4) is 0 Å². The lowest BCUT2D eigenvalue weighted by Gasteiger charge is -2.13. The van der Waals surface area contributed by atoms with Gasteiger partial charge in [0, 0.05) is 25.7 Å². The van der Waals surface area contributed by atoms with Crippen LogP contribution in [0.4, 0.5) is 0 Å². The molecule has 1 saturated heterocycles. The Hall–Kier alpha value is 0.200. The van der Waals surface area contributed by atoms with Crippen molar-refractivity contribution >= 4 is 35.3 Å². The maximum atomic E-state index is 6.02. The highest BCUT2D eigenvalue weighted by atomic mass is 35.5. The molecule has 1 aliphatic rings. The van der Waals surface area contributed by atoms with Gasteiger partial charge in [0.05, 0.1) is 4.34 Å². The molecule has 1 aromatic heterocycles. The van der Waals surface area contributed by atoms with E-state index >= 15 is 0 Å². The summed E-state index contributed by atoms with van der Waals surface area (Å²) in [5, 5.41) is 2.04. The quantitative estimate of drug-likeness (QED) is 0.876. The lowest BCUT2D eigenvalue weighted by atomic mass is 10.3. The first-order chi connectivity index (χ1) is 6.25. The zero-order valence-corrected chi connectivity index (χ0v) is 10.2. The van der Waals surface area contributed by atoms with E-state index in [1.165, 1.54) is 5.56 Å². The van der Waals surface area contributed by atoms with Crippen LogP contribution in [-0.2, 0) is 6.54 Å². The predicted octanol–water partition coefficient (Wildman–Crippen LogP) is 2.36. The fourth-order valence-electron chi connectivity index (χ4n) is 1.68. The zero-order valence-electron chi connectivity index (χ0n) is 7.78. The number of hydrogen-bond donors (Lipinski definition) is 1. The van der Waals surface area contributed by atoms with Gasteiger partial charge < -0.3 is 5.73 Å². The predicted molar refractivity (Wildman–Crippen MR) is 64.4 cm³/mol. The largest absolute Gasteiger partial charge is 0.326 e. The van der Waals surface area contributed by atoms with E-state index in [-0.39, 0.29) is 12.4 Å². The molecular weight excluding hydrogens is 239 g/mol. The average molecular weight is 253 g/mol. The number of likely N-dealkylation sites (tertiary alicyclic amines) is 1. The van der Waals surface area contributed by atoms with Gasteiger partial charge in [-0.2, -0.15) is 0 Å². The summed E-state index contributed by atoms with van der Waals surface area (Å²) in [4.78, 5) is 2.36. The number of halogens is 2. The van der Waals surface area contributed by atoms with Gasteiger partial charge in [0.2, 0.25) is 0 Å². The van der Waals surface area contributed by atoms with Crippen LogP contribution in [0, 0.1) is 0 Å². The van der Waals surface area contributed by atoms with Gasteiger partial charge in [-0.25, -0.2) is 0 Å². The number of nitrogens with two attached hydrogens (primary N) is 1. The Bertz CT molecular complexity index is 290. The van der Waals surface area contributed by atoms with Crippen molar-refractivity contribution in [2.24, 2.45) is 5.73 Å². The van der Waals surface area contributed by atoms with Gasteiger partial charge in [-0.15, -0.1) is 23.7 Å². The molecule has 1 fully saturated rings. The van der Waals surface area contributed by atoms with Crippen LogP contribution in [0.1, 0.15) is 12.0 Å². The molecule has 2 N–H and O–H groups in total. The Morgan fingerprint density at radius 2 is 2.43 bits per heavy atom. The fourth-order valence-corrected chi connectivity index (χ4v) is 2.59. The molecule has 0 unspecified atom stereocenters. The number of thiophene rings is 1. The van der Waals surface area contributed by atoms with E-state index in [9.17, 15) is 0 Å². The van der Waals surface area contributed by atoms with Crippen molar-refractivity contribution in [2.45, 2.75) is 19.0 Å². The molecule has 0 spiro atoms. The topological polar surface area (TPSA) is 29.3 Å². The highest BCUT2D eigenvalue weighted by Crippen LogP contribution is 2.25. The molecule has 2 nitrogen and oxygen atoms in total. The lowest BCUT2D eigenvalue weighted by Crippen LogP contribution is -2.26. The second kappa shape index (κ2) is 5.33. The van der Waals surface area contributed by atoms with Crippen LogP contribution in [0.15, 0.2) is 11.4 Å². The van der Waals surface area contributed by atoms with Crippen LogP contribution in [0.25, 0.3) is 0 Å². The zero-order chi connectivity index (χ0) is 9.26. The molecule has 14 heavy (non-hydrogen) atoms. The minimum atomic E-state index is 0. The first kappa shape index (κ1) is 12.3. The van der Waals surface area contributed by atoms with Crippen LogP contribution >= 0.6 is 35.3 Å². The monoisotopic (exact) mass is 252 g/mol. The van der Waals surface area contributed by atoms with Crippen molar-refractivity contribution < 1.29 is 0 Å². The number of nitrogens with zero attached hydrogens (tertiary/aromatic N) is 1. The van der Waals surface area contributed by atoms with E-state index < -0.39 is 0 Å². The summed E-state index contributed by atoms with van der Waals surface area (Å²) in [7, 11) is 0. The molecule has 2 rings (SSSR count). The molecule has 0 aromatic carbocycles. The summed E-state index contributed by atoms with van der Waals surface area (Å²) in [5.74, 6) is 0. The molecule has 0 amide bonds. The second-order valence-electron chi connectivity index (χ2n) is 3.50. The molecule has 0 radical (unpaired) electrons. The van der Waals surface area contributed by atoms with E-state index in [2.05, 4.69) is 11.0 Å². The lowest BCUT2D eigenvalue weighted by molar-refractivity contribution is 0.327. The van der Waals surface area contributed by atoms with Gasteiger partial charge in [0.1, 0.15) is 0 Å². The first-order valence-electron chi connectivity index (χ1n) is 4.45. The summed E-state index contributed by atoms with van der Waals surface area (Å²) in [5.41, 5.74) is 7.06. The smallest absolute Gasteiger partial charge is 0.0973 e. The van der Waals surface area contributed by atoms with Crippen LogP contribution in [0.5, 0.6) is 0 Å². The Morgan fingerprint density at radius 3 is 2.93 bits per heavy atom. The van der Waals surface area contributed by atoms with E-state index in [1.807, 2.05) is 5.38 Å². The molecule has 80 valence electrons. The summed E-state index contributed by atoms with van der Waals surface area (Å²) >= 11 is 7.61.